The van der Waals surface area contributed by atoms with Crippen LogP contribution in [0.3, 0.4) is 0 Å². The molecule has 136 valence electrons. The minimum absolute atomic E-state index is 0.0151. The number of aromatic nitrogens is 3. The van der Waals surface area contributed by atoms with Gasteiger partial charge in [-0.15, -0.1) is 0 Å². The van der Waals surface area contributed by atoms with E-state index in [9.17, 15) is 9.90 Å². The first-order valence-corrected chi connectivity index (χ1v) is 9.25. The highest BCUT2D eigenvalue weighted by atomic mass is 16.3. The zero-order chi connectivity index (χ0) is 17.9. The van der Waals surface area contributed by atoms with Gasteiger partial charge in [-0.1, -0.05) is 20.8 Å². The van der Waals surface area contributed by atoms with Crippen molar-refractivity contribution in [3.8, 4) is 0 Å². The molecule has 0 radical (unpaired) electrons. The van der Waals surface area contributed by atoms with Crippen molar-refractivity contribution in [2.45, 2.75) is 70.7 Å². The Morgan fingerprint density at radius 2 is 2.08 bits per heavy atom. The number of pyridine rings is 1. The van der Waals surface area contributed by atoms with E-state index in [0.717, 1.165) is 30.5 Å². The van der Waals surface area contributed by atoms with E-state index in [0.29, 0.717) is 18.2 Å². The van der Waals surface area contributed by atoms with E-state index in [1.807, 2.05) is 16.7 Å². The fourth-order valence-corrected chi connectivity index (χ4v) is 4.45. The van der Waals surface area contributed by atoms with E-state index in [1.54, 1.807) is 11.6 Å². The molecule has 4 heterocycles. The minimum atomic E-state index is -0.405. The molecule has 0 amide bonds. The second kappa shape index (κ2) is 5.68. The van der Waals surface area contributed by atoms with Crippen LogP contribution in [-0.4, -0.2) is 37.4 Å². The fourth-order valence-electron chi connectivity index (χ4n) is 4.45. The Morgan fingerprint density at radius 3 is 2.80 bits per heavy atom. The molecule has 4 rings (SSSR count). The lowest BCUT2D eigenvalue weighted by atomic mass is 9.86. The van der Waals surface area contributed by atoms with E-state index >= 15 is 0 Å². The normalized spacial score (nSPS) is 29.5. The predicted molar refractivity (Wildman–Crippen MR) is 97.7 cm³/mol. The van der Waals surface area contributed by atoms with Gasteiger partial charge in [0.25, 0.3) is 0 Å². The molecule has 2 fully saturated rings. The van der Waals surface area contributed by atoms with Gasteiger partial charge in [0.05, 0.1) is 11.6 Å². The van der Waals surface area contributed by atoms with Crippen molar-refractivity contribution >= 4 is 11.2 Å². The summed E-state index contributed by atoms with van der Waals surface area (Å²) in [6.07, 6.45) is 2.66. The number of rotatable bonds is 2. The molecule has 0 aromatic carbocycles. The van der Waals surface area contributed by atoms with Crippen molar-refractivity contribution in [2.75, 3.05) is 0 Å². The van der Waals surface area contributed by atoms with Crippen LogP contribution in [0.15, 0.2) is 16.9 Å². The second-order valence-corrected chi connectivity index (χ2v) is 8.95. The number of aliphatic hydroxyl groups is 1. The zero-order valence-electron chi connectivity index (χ0n) is 15.5. The molecule has 2 bridgehead atoms. The maximum Gasteiger partial charge on any atom is 0.330 e. The Labute approximate surface area is 147 Å². The topological polar surface area (TPSA) is 72.1 Å². The summed E-state index contributed by atoms with van der Waals surface area (Å²) in [4.78, 5) is 17.5. The molecule has 0 spiro atoms. The van der Waals surface area contributed by atoms with E-state index in [2.05, 4.69) is 26.1 Å². The van der Waals surface area contributed by atoms with Gasteiger partial charge in [0.2, 0.25) is 0 Å². The quantitative estimate of drug-likeness (QED) is 0.871. The molecule has 2 aromatic rings. The number of nitrogens with zero attached hydrogens (tertiary/aromatic N) is 3. The first-order chi connectivity index (χ1) is 11.7. The van der Waals surface area contributed by atoms with E-state index in [-0.39, 0.29) is 23.1 Å². The average Bonchev–Trinajstić information content (AvgIpc) is 3.06. The number of nitrogens with one attached hydrogen (secondary N) is 1. The van der Waals surface area contributed by atoms with Gasteiger partial charge in [-0.2, -0.15) is 0 Å². The summed E-state index contributed by atoms with van der Waals surface area (Å²) in [5, 5.41) is 14.2. The van der Waals surface area contributed by atoms with Gasteiger partial charge in [0, 0.05) is 37.3 Å². The van der Waals surface area contributed by atoms with Crippen molar-refractivity contribution in [1.82, 2.24) is 19.4 Å². The first-order valence-electron chi connectivity index (χ1n) is 9.25. The first kappa shape index (κ1) is 16.8. The number of imidazole rings is 1. The van der Waals surface area contributed by atoms with Gasteiger partial charge in [0.1, 0.15) is 0 Å². The number of aryl methyl sites for hydroxylation is 1. The van der Waals surface area contributed by atoms with Crippen LogP contribution in [0.1, 0.15) is 51.6 Å². The maximum absolute atomic E-state index is 12.7. The van der Waals surface area contributed by atoms with Crippen molar-refractivity contribution < 1.29 is 5.11 Å². The monoisotopic (exact) mass is 344 g/mol. The number of hydrogen-bond acceptors (Lipinski definition) is 4. The molecule has 6 nitrogen and oxygen atoms in total. The number of hydrogen-bond donors (Lipinski definition) is 2. The molecule has 2 aromatic heterocycles. The van der Waals surface area contributed by atoms with Crippen LogP contribution < -0.4 is 11.0 Å². The van der Waals surface area contributed by atoms with Crippen molar-refractivity contribution in [3.63, 3.8) is 0 Å². The lowest BCUT2D eigenvalue weighted by Gasteiger charge is -2.34. The fraction of sp³-hybridized carbons (Fsp3) is 0.684. The standard InChI is InChI=1S/C19H28N4O2/c1-19(2,3)10-23-15-8-7-13(21-17(15)22(4)18(23)25)12-9-11-5-6-14(20-11)16(12)24/h7-8,11-12,14,16,20,24H,5-6,9-10H2,1-4H3. The molecule has 2 saturated heterocycles. The smallest absolute Gasteiger partial charge is 0.330 e. The highest BCUT2D eigenvalue weighted by molar-refractivity contribution is 5.72. The second-order valence-electron chi connectivity index (χ2n) is 8.95. The van der Waals surface area contributed by atoms with E-state index < -0.39 is 6.10 Å². The van der Waals surface area contributed by atoms with Gasteiger partial charge in [0.15, 0.2) is 5.65 Å². The summed E-state index contributed by atoms with van der Waals surface area (Å²) in [6, 6.07) is 4.65. The van der Waals surface area contributed by atoms with Gasteiger partial charge >= 0.3 is 5.69 Å². The van der Waals surface area contributed by atoms with Crippen LogP contribution in [0.25, 0.3) is 11.2 Å². The van der Waals surface area contributed by atoms with Gasteiger partial charge in [-0.25, -0.2) is 9.78 Å². The third kappa shape index (κ3) is 2.81. The third-order valence-electron chi connectivity index (χ3n) is 5.65. The average molecular weight is 344 g/mol. The highest BCUT2D eigenvalue weighted by Gasteiger charge is 2.41. The van der Waals surface area contributed by atoms with Crippen LogP contribution in [0, 0.1) is 5.41 Å². The van der Waals surface area contributed by atoms with Gasteiger partial charge in [-0.05, 0) is 36.8 Å². The molecule has 6 heteroatoms. The largest absolute Gasteiger partial charge is 0.391 e. The summed E-state index contributed by atoms with van der Waals surface area (Å²) in [5.74, 6) is 0.0456. The maximum atomic E-state index is 12.7. The lowest BCUT2D eigenvalue weighted by Crippen LogP contribution is -2.48. The molecule has 2 N–H and O–H groups in total. The number of fused-ring (bicyclic) bond motifs is 3. The number of aliphatic hydroxyl groups excluding tert-OH is 1. The molecular weight excluding hydrogens is 316 g/mol. The third-order valence-corrected chi connectivity index (χ3v) is 5.65. The highest BCUT2D eigenvalue weighted by Crippen LogP contribution is 2.37. The minimum Gasteiger partial charge on any atom is -0.391 e. The van der Waals surface area contributed by atoms with Crippen LogP contribution in [0.2, 0.25) is 0 Å². The summed E-state index contributed by atoms with van der Waals surface area (Å²) in [5.41, 5.74) is 2.48. The molecule has 4 atom stereocenters. The van der Waals surface area contributed by atoms with Gasteiger partial charge < -0.3 is 10.4 Å². The summed E-state index contributed by atoms with van der Waals surface area (Å²) in [6.45, 7) is 7.04. The Balaban J connectivity index is 1.76. The van der Waals surface area contributed by atoms with Crippen molar-refractivity contribution in [3.05, 3.63) is 28.3 Å². The molecule has 0 saturated carbocycles. The Hall–Kier alpha value is -1.66. The Kier molecular flexibility index (Phi) is 3.81. The van der Waals surface area contributed by atoms with Gasteiger partial charge in [-0.3, -0.25) is 9.13 Å². The van der Waals surface area contributed by atoms with E-state index in [4.69, 9.17) is 4.98 Å². The van der Waals surface area contributed by atoms with Crippen LogP contribution >= 0.6 is 0 Å². The van der Waals surface area contributed by atoms with Crippen LogP contribution in [0.4, 0.5) is 0 Å². The zero-order valence-corrected chi connectivity index (χ0v) is 15.5. The van der Waals surface area contributed by atoms with E-state index in [1.165, 1.54) is 0 Å². The molecule has 2 aliphatic rings. The molecular formula is C19H28N4O2. The van der Waals surface area contributed by atoms with Crippen LogP contribution in [0.5, 0.6) is 0 Å². The van der Waals surface area contributed by atoms with Crippen molar-refractivity contribution in [2.24, 2.45) is 12.5 Å². The SMILES string of the molecule is Cn1c(=O)n(CC(C)(C)C)c2ccc(C3CC4CCC(N4)C3O)nc21. The summed E-state index contributed by atoms with van der Waals surface area (Å²) < 4.78 is 3.45. The molecule has 0 aliphatic carbocycles. The lowest BCUT2D eigenvalue weighted by molar-refractivity contribution is 0.0792. The van der Waals surface area contributed by atoms with Crippen LogP contribution in [-0.2, 0) is 13.6 Å². The number of piperidine rings is 1. The Morgan fingerprint density at radius 1 is 1.32 bits per heavy atom. The Bertz CT molecular complexity index is 861. The summed E-state index contributed by atoms with van der Waals surface area (Å²) in [7, 11) is 1.78. The summed E-state index contributed by atoms with van der Waals surface area (Å²) >= 11 is 0. The molecule has 4 unspecified atom stereocenters. The molecule has 25 heavy (non-hydrogen) atoms. The predicted octanol–water partition coefficient (Wildman–Crippen LogP) is 1.75. The van der Waals surface area contributed by atoms with Crippen molar-refractivity contribution in [1.29, 1.82) is 0 Å². The molecule has 2 aliphatic heterocycles.